The Morgan fingerprint density at radius 1 is 0.906 bits per heavy atom. The molecule has 32 heavy (non-hydrogen) atoms. The number of halogens is 2. The van der Waals surface area contributed by atoms with Crippen LogP contribution < -0.4 is 20.2 Å². The normalized spacial score (nSPS) is 10.6. The van der Waals surface area contributed by atoms with E-state index in [2.05, 4.69) is 47.7 Å². The predicted octanol–water partition coefficient (Wildman–Crippen LogP) is 5.25. The van der Waals surface area contributed by atoms with Crippen molar-refractivity contribution in [2.45, 2.75) is 0 Å². The Balaban J connectivity index is 1.79. The average Bonchev–Trinajstić information content (AvgIpc) is 2.80. The Labute approximate surface area is 202 Å². The third-order valence-electron chi connectivity index (χ3n) is 4.40. The molecule has 9 heteroatoms. The maximum Gasteiger partial charge on any atom is 0.273 e. The molecule has 7 nitrogen and oxygen atoms in total. The number of rotatable bonds is 7. The lowest BCUT2D eigenvalue weighted by Gasteiger charge is -2.12. The number of nitrogens with one attached hydrogen (secondary N) is 2. The number of benzene rings is 3. The van der Waals surface area contributed by atoms with Crippen LogP contribution in [0.2, 0.25) is 0 Å². The van der Waals surface area contributed by atoms with Gasteiger partial charge in [0.15, 0.2) is 11.5 Å². The van der Waals surface area contributed by atoms with E-state index in [1.807, 2.05) is 24.3 Å². The molecule has 0 heterocycles. The van der Waals surface area contributed by atoms with Crippen molar-refractivity contribution in [1.29, 1.82) is 0 Å². The number of amides is 2. The van der Waals surface area contributed by atoms with Crippen LogP contribution in [0.3, 0.4) is 0 Å². The summed E-state index contributed by atoms with van der Waals surface area (Å²) >= 11 is 6.78. The molecule has 2 N–H and O–H groups in total. The maximum atomic E-state index is 12.8. The van der Waals surface area contributed by atoms with Gasteiger partial charge in [-0.15, -0.1) is 0 Å². The molecule has 0 fully saturated rings. The largest absolute Gasteiger partial charge is 0.493 e. The molecular formula is C23H19Br2N3O4. The second-order valence-corrected chi connectivity index (χ2v) is 8.20. The zero-order valence-electron chi connectivity index (χ0n) is 17.2. The fourth-order valence-electron chi connectivity index (χ4n) is 2.79. The lowest BCUT2D eigenvalue weighted by Crippen LogP contribution is -2.21. The molecule has 0 saturated heterocycles. The van der Waals surface area contributed by atoms with E-state index in [4.69, 9.17) is 9.47 Å². The Morgan fingerprint density at radius 3 is 2.38 bits per heavy atom. The SMILES string of the molecule is COc1ccc(C(=O)Nc2ccc(Br)cc2C(=O)NN=Cc2ccccc2Br)cc1OC. The fourth-order valence-corrected chi connectivity index (χ4v) is 3.53. The summed E-state index contributed by atoms with van der Waals surface area (Å²) in [5.74, 6) is 0.0577. The summed E-state index contributed by atoms with van der Waals surface area (Å²) in [6.45, 7) is 0. The molecule has 3 aromatic rings. The third kappa shape index (κ3) is 5.74. The summed E-state index contributed by atoms with van der Waals surface area (Å²) in [5, 5.41) is 6.78. The van der Waals surface area contributed by atoms with Crippen LogP contribution in [0.25, 0.3) is 0 Å². The molecule has 3 rings (SSSR count). The van der Waals surface area contributed by atoms with E-state index in [-0.39, 0.29) is 5.56 Å². The summed E-state index contributed by atoms with van der Waals surface area (Å²) in [6.07, 6.45) is 1.53. The zero-order valence-corrected chi connectivity index (χ0v) is 20.4. The first-order valence-electron chi connectivity index (χ1n) is 9.33. The topological polar surface area (TPSA) is 89.0 Å². The highest BCUT2D eigenvalue weighted by Crippen LogP contribution is 2.28. The van der Waals surface area contributed by atoms with Crippen LogP contribution in [0.5, 0.6) is 11.5 Å². The standard InChI is InChI=1S/C23H19Br2N3O4/c1-31-20-10-7-14(11-21(20)32-2)22(29)27-19-9-8-16(24)12-17(19)23(30)28-26-13-15-5-3-4-6-18(15)25/h3-13H,1-2H3,(H,27,29)(H,28,30). The van der Waals surface area contributed by atoms with Crippen molar-refractivity contribution in [3.63, 3.8) is 0 Å². The van der Waals surface area contributed by atoms with Gasteiger partial charge in [-0.05, 0) is 42.5 Å². The summed E-state index contributed by atoms with van der Waals surface area (Å²) in [4.78, 5) is 25.5. The van der Waals surface area contributed by atoms with Gasteiger partial charge in [-0.1, -0.05) is 50.1 Å². The van der Waals surface area contributed by atoms with Crippen LogP contribution in [0.1, 0.15) is 26.3 Å². The smallest absolute Gasteiger partial charge is 0.273 e. The molecule has 0 bridgehead atoms. The summed E-state index contributed by atoms with van der Waals surface area (Å²) in [5.41, 5.74) is 4.23. The maximum absolute atomic E-state index is 12.8. The molecular weight excluding hydrogens is 542 g/mol. The molecule has 0 aliphatic rings. The van der Waals surface area contributed by atoms with Gasteiger partial charge in [-0.25, -0.2) is 5.43 Å². The van der Waals surface area contributed by atoms with Crippen LogP contribution in [0.4, 0.5) is 5.69 Å². The molecule has 0 aliphatic carbocycles. The van der Waals surface area contributed by atoms with Crippen molar-refractivity contribution in [3.8, 4) is 11.5 Å². The molecule has 0 aliphatic heterocycles. The average molecular weight is 561 g/mol. The number of methoxy groups -OCH3 is 2. The molecule has 2 amide bonds. The van der Waals surface area contributed by atoms with Gasteiger partial charge in [-0.2, -0.15) is 5.10 Å². The van der Waals surface area contributed by atoms with Crippen LogP contribution in [0.15, 0.2) is 74.7 Å². The molecule has 0 aromatic heterocycles. The van der Waals surface area contributed by atoms with Crippen LogP contribution in [-0.4, -0.2) is 32.2 Å². The zero-order chi connectivity index (χ0) is 23.1. The number of hydrogen-bond acceptors (Lipinski definition) is 5. The summed E-state index contributed by atoms with van der Waals surface area (Å²) in [6, 6.07) is 17.3. The number of anilines is 1. The number of carbonyl (C=O) groups is 2. The first-order valence-corrected chi connectivity index (χ1v) is 10.9. The van der Waals surface area contributed by atoms with Gasteiger partial charge in [0.1, 0.15) is 0 Å². The Hall–Kier alpha value is -3.17. The number of hydrogen-bond donors (Lipinski definition) is 2. The molecule has 0 unspecified atom stereocenters. The van der Waals surface area contributed by atoms with Crippen LogP contribution in [-0.2, 0) is 0 Å². The highest BCUT2D eigenvalue weighted by Gasteiger charge is 2.16. The van der Waals surface area contributed by atoms with E-state index in [0.29, 0.717) is 27.2 Å². The minimum Gasteiger partial charge on any atom is -0.493 e. The van der Waals surface area contributed by atoms with Crippen molar-refractivity contribution in [3.05, 3.63) is 86.3 Å². The first-order chi connectivity index (χ1) is 15.4. The molecule has 164 valence electrons. The van der Waals surface area contributed by atoms with Crippen LogP contribution >= 0.6 is 31.9 Å². The quantitative estimate of drug-likeness (QED) is 0.305. The van der Waals surface area contributed by atoms with Crippen molar-refractivity contribution >= 4 is 55.6 Å². The molecule has 0 radical (unpaired) electrons. The summed E-state index contributed by atoms with van der Waals surface area (Å²) in [7, 11) is 3.01. The van der Waals surface area contributed by atoms with Crippen LogP contribution in [0, 0.1) is 0 Å². The van der Waals surface area contributed by atoms with Gasteiger partial charge in [0.05, 0.1) is 31.7 Å². The number of ether oxygens (including phenoxy) is 2. The van der Waals surface area contributed by atoms with E-state index in [1.165, 1.54) is 20.4 Å². The van der Waals surface area contributed by atoms with Gasteiger partial charge < -0.3 is 14.8 Å². The number of carbonyl (C=O) groups excluding carboxylic acids is 2. The lowest BCUT2D eigenvalue weighted by atomic mass is 10.1. The van der Waals surface area contributed by atoms with E-state index in [0.717, 1.165) is 10.0 Å². The van der Waals surface area contributed by atoms with Crippen molar-refractivity contribution in [2.24, 2.45) is 5.10 Å². The van der Waals surface area contributed by atoms with Gasteiger partial charge in [-0.3, -0.25) is 9.59 Å². The molecule has 0 spiro atoms. The summed E-state index contributed by atoms with van der Waals surface area (Å²) < 4.78 is 12.0. The third-order valence-corrected chi connectivity index (χ3v) is 5.61. The Bertz CT molecular complexity index is 1180. The second kappa shape index (κ2) is 10.9. The van der Waals surface area contributed by atoms with Gasteiger partial charge in [0.25, 0.3) is 11.8 Å². The molecule has 0 atom stereocenters. The van der Waals surface area contributed by atoms with Crippen molar-refractivity contribution in [2.75, 3.05) is 19.5 Å². The molecule has 0 saturated carbocycles. The van der Waals surface area contributed by atoms with Gasteiger partial charge >= 0.3 is 0 Å². The van der Waals surface area contributed by atoms with Crippen molar-refractivity contribution < 1.29 is 19.1 Å². The second-order valence-electron chi connectivity index (χ2n) is 6.43. The Morgan fingerprint density at radius 2 is 1.66 bits per heavy atom. The number of hydrazone groups is 1. The van der Waals surface area contributed by atoms with Crippen molar-refractivity contribution in [1.82, 2.24) is 5.43 Å². The highest BCUT2D eigenvalue weighted by atomic mass is 79.9. The molecule has 3 aromatic carbocycles. The van der Waals surface area contributed by atoms with E-state index < -0.39 is 11.8 Å². The monoisotopic (exact) mass is 559 g/mol. The fraction of sp³-hybridized carbons (Fsp3) is 0.0870. The van der Waals surface area contributed by atoms with Gasteiger partial charge in [0.2, 0.25) is 0 Å². The minimum atomic E-state index is -0.475. The van der Waals surface area contributed by atoms with E-state index in [1.54, 1.807) is 36.4 Å². The predicted molar refractivity (Wildman–Crippen MR) is 131 cm³/mol. The van der Waals surface area contributed by atoms with Gasteiger partial charge in [0, 0.05) is 20.1 Å². The first kappa shape index (κ1) is 23.5. The highest BCUT2D eigenvalue weighted by molar-refractivity contribution is 9.10. The Kier molecular flexibility index (Phi) is 8.02. The number of nitrogens with zero attached hydrogens (tertiary/aromatic N) is 1. The lowest BCUT2D eigenvalue weighted by molar-refractivity contribution is 0.0956. The minimum absolute atomic E-state index is 0.248. The van der Waals surface area contributed by atoms with E-state index in [9.17, 15) is 9.59 Å². The van der Waals surface area contributed by atoms with E-state index >= 15 is 0 Å².